The molecular weight excluding hydrogens is 332 g/mol. The Bertz CT molecular complexity index is 787. The monoisotopic (exact) mass is 349 g/mol. The molecule has 0 spiro atoms. The van der Waals surface area contributed by atoms with E-state index < -0.39 is 29.6 Å². The predicted octanol–water partition coefficient (Wildman–Crippen LogP) is 3.47. The summed E-state index contributed by atoms with van der Waals surface area (Å²) in [6, 6.07) is 7.51. The maximum atomic E-state index is 13.2. The first-order valence-corrected chi connectivity index (χ1v) is 7.42. The number of methoxy groups -OCH3 is 1. The van der Waals surface area contributed by atoms with Crippen molar-refractivity contribution in [1.29, 1.82) is 0 Å². The first kappa shape index (κ1) is 18.4. The van der Waals surface area contributed by atoms with E-state index in [2.05, 4.69) is 5.32 Å². The molecule has 0 radical (unpaired) electrons. The van der Waals surface area contributed by atoms with Gasteiger partial charge in [0.2, 0.25) is 0 Å². The quantitative estimate of drug-likeness (QED) is 0.840. The van der Waals surface area contributed by atoms with Crippen LogP contribution in [0.2, 0.25) is 0 Å². The molecule has 0 saturated carbocycles. The predicted molar refractivity (Wildman–Crippen MR) is 87.6 cm³/mol. The van der Waals surface area contributed by atoms with Crippen LogP contribution in [0.25, 0.3) is 0 Å². The Morgan fingerprint density at radius 2 is 1.72 bits per heavy atom. The Morgan fingerprint density at radius 3 is 2.32 bits per heavy atom. The summed E-state index contributed by atoms with van der Waals surface area (Å²) in [4.78, 5) is 24.1. The lowest BCUT2D eigenvalue weighted by Gasteiger charge is -2.15. The molecule has 0 aliphatic heterocycles. The maximum Gasteiger partial charge on any atom is 0.339 e. The van der Waals surface area contributed by atoms with Gasteiger partial charge in [-0.05, 0) is 43.7 Å². The van der Waals surface area contributed by atoms with Crippen molar-refractivity contribution >= 4 is 17.6 Å². The van der Waals surface area contributed by atoms with Gasteiger partial charge in [0.25, 0.3) is 5.91 Å². The average molecular weight is 349 g/mol. The second-order valence-electron chi connectivity index (χ2n) is 5.40. The van der Waals surface area contributed by atoms with Gasteiger partial charge >= 0.3 is 5.97 Å². The highest BCUT2D eigenvalue weighted by Crippen LogP contribution is 2.25. The van der Waals surface area contributed by atoms with Gasteiger partial charge < -0.3 is 14.8 Å². The Morgan fingerprint density at radius 1 is 1.08 bits per heavy atom. The molecule has 1 N–H and O–H groups in total. The molecule has 2 rings (SSSR count). The standard InChI is InChI=1S/C18H17F2NO4/c1-10-4-5-16(24-3)15(6-10)21-17(22)11(2)25-18(23)12-7-13(19)9-14(20)8-12/h4-9,11H,1-3H3,(H,21,22)/t11-/m1/s1. The summed E-state index contributed by atoms with van der Waals surface area (Å²) in [5, 5.41) is 2.59. The van der Waals surface area contributed by atoms with Crippen LogP contribution in [0, 0.1) is 18.6 Å². The van der Waals surface area contributed by atoms with Crippen molar-refractivity contribution in [2.45, 2.75) is 20.0 Å². The minimum absolute atomic E-state index is 0.315. The normalized spacial score (nSPS) is 11.6. The Balaban J connectivity index is 2.07. The average Bonchev–Trinajstić information content (AvgIpc) is 2.54. The van der Waals surface area contributed by atoms with Crippen LogP contribution in [0.1, 0.15) is 22.8 Å². The molecule has 0 aromatic heterocycles. The molecule has 0 saturated heterocycles. The number of aryl methyl sites for hydroxylation is 1. The molecule has 5 nitrogen and oxygen atoms in total. The number of benzene rings is 2. The van der Waals surface area contributed by atoms with Crippen LogP contribution in [0.4, 0.5) is 14.5 Å². The highest BCUT2D eigenvalue weighted by Gasteiger charge is 2.21. The fourth-order valence-electron chi connectivity index (χ4n) is 2.11. The van der Waals surface area contributed by atoms with Gasteiger partial charge in [0.15, 0.2) is 6.10 Å². The topological polar surface area (TPSA) is 64.6 Å². The number of carbonyl (C=O) groups excluding carboxylic acids is 2. The number of hydrogen-bond donors (Lipinski definition) is 1. The van der Waals surface area contributed by atoms with Gasteiger partial charge in [0, 0.05) is 6.07 Å². The number of rotatable bonds is 5. The van der Waals surface area contributed by atoms with Gasteiger partial charge in [0.1, 0.15) is 17.4 Å². The van der Waals surface area contributed by atoms with Gasteiger partial charge in [-0.1, -0.05) is 6.07 Å². The molecule has 0 bridgehead atoms. The fraction of sp³-hybridized carbons (Fsp3) is 0.222. The van der Waals surface area contributed by atoms with E-state index in [0.717, 1.165) is 17.7 Å². The van der Waals surface area contributed by atoms with Crippen LogP contribution in [0.3, 0.4) is 0 Å². The lowest BCUT2D eigenvalue weighted by Crippen LogP contribution is -2.30. The van der Waals surface area contributed by atoms with Crippen molar-refractivity contribution < 1.29 is 27.8 Å². The third kappa shape index (κ3) is 4.76. The van der Waals surface area contributed by atoms with Crippen molar-refractivity contribution in [2.75, 3.05) is 12.4 Å². The van der Waals surface area contributed by atoms with Crippen molar-refractivity contribution in [3.8, 4) is 5.75 Å². The maximum absolute atomic E-state index is 13.2. The number of anilines is 1. The largest absolute Gasteiger partial charge is 0.495 e. The van der Waals surface area contributed by atoms with E-state index in [9.17, 15) is 18.4 Å². The van der Waals surface area contributed by atoms with Crippen LogP contribution < -0.4 is 10.1 Å². The molecule has 2 aromatic rings. The van der Waals surface area contributed by atoms with E-state index in [-0.39, 0.29) is 5.56 Å². The van der Waals surface area contributed by atoms with Crippen LogP contribution in [0.15, 0.2) is 36.4 Å². The van der Waals surface area contributed by atoms with E-state index in [1.165, 1.54) is 14.0 Å². The summed E-state index contributed by atoms with van der Waals surface area (Å²) in [6.45, 7) is 3.20. The summed E-state index contributed by atoms with van der Waals surface area (Å²) in [7, 11) is 1.46. The lowest BCUT2D eigenvalue weighted by atomic mass is 10.2. The highest BCUT2D eigenvalue weighted by molar-refractivity contribution is 5.98. The minimum Gasteiger partial charge on any atom is -0.495 e. The fourth-order valence-corrected chi connectivity index (χ4v) is 2.11. The first-order chi connectivity index (χ1) is 11.8. The van der Waals surface area contributed by atoms with Crippen molar-refractivity contribution in [3.05, 3.63) is 59.2 Å². The first-order valence-electron chi connectivity index (χ1n) is 7.42. The molecule has 0 heterocycles. The Hall–Kier alpha value is -2.96. The number of hydrogen-bond acceptors (Lipinski definition) is 4. The van der Waals surface area contributed by atoms with Gasteiger partial charge in [0.05, 0.1) is 18.4 Å². The van der Waals surface area contributed by atoms with E-state index >= 15 is 0 Å². The van der Waals surface area contributed by atoms with E-state index in [0.29, 0.717) is 17.5 Å². The highest BCUT2D eigenvalue weighted by atomic mass is 19.1. The van der Waals surface area contributed by atoms with Gasteiger partial charge in [-0.25, -0.2) is 13.6 Å². The van der Waals surface area contributed by atoms with Crippen LogP contribution in [-0.2, 0) is 9.53 Å². The SMILES string of the molecule is COc1ccc(C)cc1NC(=O)[C@@H](C)OC(=O)c1cc(F)cc(F)c1. The van der Waals surface area contributed by atoms with Crippen molar-refractivity contribution in [1.82, 2.24) is 0 Å². The molecule has 1 amide bonds. The molecule has 132 valence electrons. The lowest BCUT2D eigenvalue weighted by molar-refractivity contribution is -0.123. The summed E-state index contributed by atoms with van der Waals surface area (Å²) in [6.07, 6.45) is -1.18. The Labute approximate surface area is 143 Å². The van der Waals surface area contributed by atoms with Crippen molar-refractivity contribution in [2.24, 2.45) is 0 Å². The van der Waals surface area contributed by atoms with Gasteiger partial charge in [-0.2, -0.15) is 0 Å². The molecule has 0 unspecified atom stereocenters. The second kappa shape index (κ2) is 7.74. The Kier molecular flexibility index (Phi) is 5.69. The number of carbonyl (C=O) groups is 2. The van der Waals surface area contributed by atoms with Crippen LogP contribution in [0.5, 0.6) is 5.75 Å². The van der Waals surface area contributed by atoms with Crippen LogP contribution in [-0.4, -0.2) is 25.1 Å². The molecule has 0 aliphatic rings. The van der Waals surface area contributed by atoms with E-state index in [1.807, 2.05) is 13.0 Å². The third-order valence-electron chi connectivity index (χ3n) is 3.36. The minimum atomic E-state index is -1.18. The zero-order valence-electron chi connectivity index (χ0n) is 13.9. The summed E-state index contributed by atoms with van der Waals surface area (Å²) in [5.74, 6) is -2.97. The summed E-state index contributed by atoms with van der Waals surface area (Å²) >= 11 is 0. The van der Waals surface area contributed by atoms with Gasteiger partial charge in [-0.3, -0.25) is 4.79 Å². The summed E-state index contributed by atoms with van der Waals surface area (Å²) < 4.78 is 36.4. The number of nitrogens with one attached hydrogen (secondary N) is 1. The zero-order chi connectivity index (χ0) is 18.6. The van der Waals surface area contributed by atoms with E-state index in [1.54, 1.807) is 12.1 Å². The zero-order valence-corrected chi connectivity index (χ0v) is 13.9. The molecule has 1 atom stereocenters. The molecule has 2 aromatic carbocycles. The van der Waals surface area contributed by atoms with Gasteiger partial charge in [-0.15, -0.1) is 0 Å². The second-order valence-corrected chi connectivity index (χ2v) is 5.40. The van der Waals surface area contributed by atoms with Crippen molar-refractivity contribution in [3.63, 3.8) is 0 Å². The van der Waals surface area contributed by atoms with E-state index in [4.69, 9.17) is 9.47 Å². The molecule has 25 heavy (non-hydrogen) atoms. The smallest absolute Gasteiger partial charge is 0.339 e. The summed E-state index contributed by atoms with van der Waals surface area (Å²) in [5.41, 5.74) is 1.01. The number of amides is 1. The third-order valence-corrected chi connectivity index (χ3v) is 3.36. The molecule has 0 fully saturated rings. The number of halogens is 2. The van der Waals surface area contributed by atoms with Crippen LogP contribution >= 0.6 is 0 Å². The molecule has 0 aliphatic carbocycles. The molecular formula is C18H17F2NO4. The molecule has 7 heteroatoms. The number of esters is 1. The number of ether oxygens (including phenoxy) is 2.